The Labute approximate surface area is 246 Å². The lowest BCUT2D eigenvalue weighted by atomic mass is 9.87. The largest absolute Gasteiger partial charge is 0.416 e. The van der Waals surface area contributed by atoms with E-state index in [0.717, 1.165) is 23.3 Å². The molecule has 0 radical (unpaired) electrons. The van der Waals surface area contributed by atoms with Crippen molar-refractivity contribution in [3.05, 3.63) is 112 Å². The molecule has 0 saturated carbocycles. The van der Waals surface area contributed by atoms with Gasteiger partial charge in [0.05, 0.1) is 16.3 Å². The Kier molecular flexibility index (Phi) is 9.86. The summed E-state index contributed by atoms with van der Waals surface area (Å²) in [6.07, 6.45) is 0.863. The quantitative estimate of drug-likeness (QED) is 0.207. The van der Waals surface area contributed by atoms with Crippen molar-refractivity contribution in [2.45, 2.75) is 31.5 Å². The second-order valence-electron chi connectivity index (χ2n) is 9.62. The molecule has 3 N–H and O–H groups in total. The van der Waals surface area contributed by atoms with Gasteiger partial charge in [-0.2, -0.15) is 13.2 Å². The van der Waals surface area contributed by atoms with Gasteiger partial charge in [-0.1, -0.05) is 54.0 Å². The number of benzene rings is 2. The third-order valence-electron chi connectivity index (χ3n) is 6.84. The molecule has 1 aliphatic heterocycles. The third-order valence-corrected chi connectivity index (χ3v) is 7.27. The van der Waals surface area contributed by atoms with Crippen LogP contribution < -0.4 is 11.1 Å². The molecule has 0 bridgehead atoms. The lowest BCUT2D eigenvalue weighted by Gasteiger charge is -2.33. The Morgan fingerprint density at radius 1 is 1.12 bits per heavy atom. The average molecular weight is 602 g/mol. The summed E-state index contributed by atoms with van der Waals surface area (Å²) in [6.45, 7) is 6.02. The number of piperidine rings is 1. The van der Waals surface area contributed by atoms with Crippen LogP contribution >= 0.6 is 23.2 Å². The Hall–Kier alpha value is -3.66. The standard InChI is InChI=1S/C30H28Cl2F3N5O/c1-19(38-17-25(31)16-36)21-4-2-20(3-5-21)18-40-12-9-22(10-13-40)26-15-24(30(33,34)35)6-7-27(26)39-29(41)23-8-11-37-28(32)14-23/h2-8,11,14-17,22H,1,9-10,12-13,18,36H2,(H,39,41)/b25-16+,38-17-. The van der Waals surface area contributed by atoms with Crippen LogP contribution in [-0.4, -0.2) is 35.1 Å². The predicted molar refractivity (Wildman–Crippen MR) is 158 cm³/mol. The highest BCUT2D eigenvalue weighted by molar-refractivity contribution is 6.39. The molecule has 0 unspecified atom stereocenters. The number of aromatic nitrogens is 1. The van der Waals surface area contributed by atoms with E-state index in [0.29, 0.717) is 54.5 Å². The van der Waals surface area contributed by atoms with Crippen LogP contribution in [0.3, 0.4) is 0 Å². The Balaban J connectivity index is 1.43. The highest BCUT2D eigenvalue weighted by Crippen LogP contribution is 2.38. The first-order valence-electron chi connectivity index (χ1n) is 12.8. The first kappa shape index (κ1) is 30.3. The Bertz CT molecular complexity index is 1460. The van der Waals surface area contributed by atoms with E-state index in [2.05, 4.69) is 26.8 Å². The van der Waals surface area contributed by atoms with Crippen molar-refractivity contribution in [1.82, 2.24) is 9.88 Å². The first-order chi connectivity index (χ1) is 19.5. The van der Waals surface area contributed by atoms with Gasteiger partial charge in [0, 0.05) is 36.4 Å². The molecular formula is C30H28Cl2F3N5O. The second kappa shape index (κ2) is 13.3. The maximum atomic E-state index is 13.6. The van der Waals surface area contributed by atoms with Crippen molar-refractivity contribution in [2.24, 2.45) is 10.7 Å². The molecule has 0 aliphatic carbocycles. The van der Waals surface area contributed by atoms with E-state index >= 15 is 0 Å². The molecule has 1 fully saturated rings. The van der Waals surface area contributed by atoms with E-state index < -0.39 is 17.6 Å². The number of halogens is 5. The molecule has 6 nitrogen and oxygen atoms in total. The number of nitrogens with zero attached hydrogens (tertiary/aromatic N) is 3. The number of anilines is 1. The zero-order valence-corrected chi connectivity index (χ0v) is 23.5. The Morgan fingerprint density at radius 3 is 2.46 bits per heavy atom. The number of amides is 1. The number of carbonyl (C=O) groups excluding carboxylic acids is 1. The van der Waals surface area contributed by atoms with Gasteiger partial charge in [0.2, 0.25) is 0 Å². The minimum Gasteiger partial charge on any atom is -0.403 e. The number of alkyl halides is 3. The van der Waals surface area contributed by atoms with Crippen LogP contribution in [-0.2, 0) is 12.7 Å². The van der Waals surface area contributed by atoms with Gasteiger partial charge in [-0.25, -0.2) is 4.98 Å². The Morgan fingerprint density at radius 2 is 1.83 bits per heavy atom. The summed E-state index contributed by atoms with van der Waals surface area (Å²) in [6, 6.07) is 14.2. The molecule has 2 heterocycles. The minimum absolute atomic E-state index is 0.149. The number of hydrogen-bond donors (Lipinski definition) is 2. The van der Waals surface area contributed by atoms with Crippen LogP contribution in [0.5, 0.6) is 0 Å². The summed E-state index contributed by atoms with van der Waals surface area (Å²) in [5.41, 5.74) is 8.18. The number of allylic oxidation sites excluding steroid dienone is 1. The topological polar surface area (TPSA) is 83.6 Å². The normalized spacial score (nSPS) is 15.3. The monoisotopic (exact) mass is 601 g/mol. The molecule has 0 spiro atoms. The number of likely N-dealkylation sites (tertiary alicyclic amines) is 1. The van der Waals surface area contributed by atoms with Gasteiger partial charge in [0.1, 0.15) is 5.15 Å². The summed E-state index contributed by atoms with van der Waals surface area (Å²) in [5, 5.41) is 3.23. The number of hydrogen-bond acceptors (Lipinski definition) is 5. The van der Waals surface area contributed by atoms with E-state index in [1.165, 1.54) is 36.8 Å². The number of aliphatic imine (C=N–C) groups is 1. The van der Waals surface area contributed by atoms with E-state index in [1.54, 1.807) is 0 Å². The van der Waals surface area contributed by atoms with E-state index in [9.17, 15) is 18.0 Å². The summed E-state index contributed by atoms with van der Waals surface area (Å²) in [7, 11) is 0. The number of pyridine rings is 1. The second-order valence-corrected chi connectivity index (χ2v) is 10.4. The van der Waals surface area contributed by atoms with E-state index in [-0.39, 0.29) is 16.6 Å². The van der Waals surface area contributed by atoms with Crippen molar-refractivity contribution in [1.29, 1.82) is 0 Å². The minimum atomic E-state index is -4.49. The van der Waals surface area contributed by atoms with Crippen LogP contribution in [0.15, 0.2) is 83.6 Å². The van der Waals surface area contributed by atoms with Crippen molar-refractivity contribution in [3.63, 3.8) is 0 Å². The molecular weight excluding hydrogens is 574 g/mol. The molecule has 1 amide bonds. The molecule has 2 aromatic carbocycles. The van der Waals surface area contributed by atoms with Crippen LogP contribution in [0.1, 0.15) is 51.4 Å². The number of rotatable bonds is 8. The fourth-order valence-corrected chi connectivity index (χ4v) is 4.87. The summed E-state index contributed by atoms with van der Waals surface area (Å²) in [5.74, 6) is -0.619. The number of nitrogens with two attached hydrogens (primary N) is 1. The fraction of sp³-hybridized carbons (Fsp3) is 0.233. The summed E-state index contributed by atoms with van der Waals surface area (Å²) < 4.78 is 40.7. The molecule has 214 valence electrons. The van der Waals surface area contributed by atoms with Crippen molar-refractivity contribution in [3.8, 4) is 0 Å². The van der Waals surface area contributed by atoms with E-state index in [1.807, 2.05) is 24.3 Å². The molecule has 1 saturated heterocycles. The molecule has 1 aromatic heterocycles. The average Bonchev–Trinajstić information content (AvgIpc) is 2.96. The lowest BCUT2D eigenvalue weighted by Crippen LogP contribution is -2.32. The van der Waals surface area contributed by atoms with Gasteiger partial charge in [-0.3, -0.25) is 14.7 Å². The van der Waals surface area contributed by atoms with Gasteiger partial charge >= 0.3 is 6.18 Å². The highest BCUT2D eigenvalue weighted by atomic mass is 35.5. The van der Waals surface area contributed by atoms with Crippen molar-refractivity contribution in [2.75, 3.05) is 18.4 Å². The van der Waals surface area contributed by atoms with Gasteiger partial charge in [-0.05, 0) is 78.9 Å². The summed E-state index contributed by atoms with van der Waals surface area (Å²) in [4.78, 5) is 23.1. The first-order valence-corrected chi connectivity index (χ1v) is 13.5. The summed E-state index contributed by atoms with van der Waals surface area (Å²) >= 11 is 11.7. The van der Waals surface area contributed by atoms with Crippen molar-refractivity contribution < 1.29 is 18.0 Å². The number of nitrogens with one attached hydrogen (secondary N) is 1. The molecule has 3 aromatic rings. The SMILES string of the molecule is C=C(/N=C\C(Cl)=C/N)c1ccc(CN2CCC(c3cc(C(F)(F)F)ccc3NC(=O)c3ccnc(Cl)c3)CC2)cc1. The molecule has 41 heavy (non-hydrogen) atoms. The molecule has 1 aliphatic rings. The fourth-order valence-electron chi connectivity index (χ4n) is 4.65. The van der Waals surface area contributed by atoms with Crippen molar-refractivity contribution >= 4 is 46.7 Å². The van der Waals surface area contributed by atoms with Gasteiger partial charge in [0.25, 0.3) is 5.91 Å². The van der Waals surface area contributed by atoms with Gasteiger partial charge < -0.3 is 11.1 Å². The zero-order chi connectivity index (χ0) is 29.6. The highest BCUT2D eigenvalue weighted by Gasteiger charge is 2.33. The third kappa shape index (κ3) is 8.19. The maximum Gasteiger partial charge on any atom is 0.416 e. The van der Waals surface area contributed by atoms with Gasteiger partial charge in [0.15, 0.2) is 0 Å². The molecule has 4 rings (SSSR count). The molecule has 11 heteroatoms. The van der Waals surface area contributed by atoms with Crippen LogP contribution in [0.25, 0.3) is 5.70 Å². The van der Waals surface area contributed by atoms with Crippen LogP contribution in [0.2, 0.25) is 5.15 Å². The zero-order valence-electron chi connectivity index (χ0n) is 22.0. The molecule has 0 atom stereocenters. The number of carbonyl (C=O) groups is 1. The van der Waals surface area contributed by atoms with E-state index in [4.69, 9.17) is 28.9 Å². The predicted octanol–water partition coefficient (Wildman–Crippen LogP) is 7.47. The lowest BCUT2D eigenvalue weighted by molar-refractivity contribution is -0.137. The van der Waals surface area contributed by atoms with Crippen LogP contribution in [0.4, 0.5) is 18.9 Å². The smallest absolute Gasteiger partial charge is 0.403 e. The van der Waals surface area contributed by atoms with Crippen LogP contribution in [0, 0.1) is 0 Å². The maximum absolute atomic E-state index is 13.6. The van der Waals surface area contributed by atoms with Gasteiger partial charge in [-0.15, -0.1) is 0 Å².